The molecule has 2 rings (SSSR count). The van der Waals surface area contributed by atoms with Crippen LogP contribution in [0.15, 0.2) is 48.5 Å². The molecule has 8 heteroatoms. The van der Waals surface area contributed by atoms with Crippen LogP contribution in [0.3, 0.4) is 0 Å². The largest absolute Gasteiger partial charge is 0.445 e. The number of benzene rings is 2. The Kier molecular flexibility index (Phi) is 6.16. The van der Waals surface area contributed by atoms with Crippen LogP contribution in [0.5, 0.6) is 0 Å². The minimum atomic E-state index is -1.14. The molecule has 0 saturated carbocycles. The molecule has 0 radical (unpaired) electrons. The lowest BCUT2D eigenvalue weighted by atomic mass is 10.1. The summed E-state index contributed by atoms with van der Waals surface area (Å²) in [5, 5.41) is 12.9. The summed E-state index contributed by atoms with van der Waals surface area (Å²) in [7, 11) is 0. The summed E-state index contributed by atoms with van der Waals surface area (Å²) < 4.78 is 32.1. The molecule has 0 bridgehead atoms. The fourth-order valence-electron chi connectivity index (χ4n) is 1.92. The molecule has 0 aliphatic rings. The summed E-state index contributed by atoms with van der Waals surface area (Å²) in [6, 6.07) is 10.3. The topological polar surface area (TPSA) is 81.5 Å². The van der Waals surface area contributed by atoms with E-state index in [1.165, 1.54) is 12.2 Å². The number of halogens is 2. The summed E-state index contributed by atoms with van der Waals surface area (Å²) in [4.78, 5) is 21.0. The highest BCUT2D eigenvalue weighted by Crippen LogP contribution is 2.22. The van der Waals surface area contributed by atoms with Crippen molar-refractivity contribution in [1.29, 1.82) is 0 Å². The second-order valence-corrected chi connectivity index (χ2v) is 4.93. The number of hydrogen-bond donors (Lipinski definition) is 1. The molecule has 1 amide bonds. The number of nitrogens with zero attached hydrogens (tertiary/aromatic N) is 1. The summed E-state index contributed by atoms with van der Waals surface area (Å²) in [6.07, 6.45) is 1.91. The molecule has 0 aliphatic carbocycles. The predicted molar refractivity (Wildman–Crippen MR) is 86.7 cm³/mol. The molecule has 0 aromatic heterocycles. The highest BCUT2D eigenvalue weighted by molar-refractivity contribution is 5.67. The highest BCUT2D eigenvalue weighted by Gasteiger charge is 2.17. The molecule has 0 saturated heterocycles. The van der Waals surface area contributed by atoms with Crippen molar-refractivity contribution in [3.63, 3.8) is 0 Å². The Hall–Kier alpha value is -3.29. The van der Waals surface area contributed by atoms with Crippen LogP contribution >= 0.6 is 0 Å². The third-order valence-corrected chi connectivity index (χ3v) is 3.14. The van der Waals surface area contributed by atoms with Crippen LogP contribution in [0.25, 0.3) is 6.08 Å². The summed E-state index contributed by atoms with van der Waals surface area (Å²) in [6.45, 7) is 0.129. The molecule has 0 aliphatic heterocycles. The Balaban J connectivity index is 1.84. The first kappa shape index (κ1) is 18.1. The number of nitro groups is 1. The van der Waals surface area contributed by atoms with Crippen molar-refractivity contribution in [1.82, 2.24) is 5.32 Å². The van der Waals surface area contributed by atoms with Crippen LogP contribution < -0.4 is 5.32 Å². The van der Waals surface area contributed by atoms with Crippen molar-refractivity contribution >= 4 is 17.9 Å². The lowest BCUT2D eigenvalue weighted by Crippen LogP contribution is -2.24. The van der Waals surface area contributed by atoms with Gasteiger partial charge in [-0.05, 0) is 11.6 Å². The van der Waals surface area contributed by atoms with Gasteiger partial charge in [-0.15, -0.1) is 0 Å². The molecule has 0 atom stereocenters. The third-order valence-electron chi connectivity index (χ3n) is 3.14. The first-order valence-electron chi connectivity index (χ1n) is 7.22. The van der Waals surface area contributed by atoms with Gasteiger partial charge in [0, 0.05) is 12.1 Å². The van der Waals surface area contributed by atoms with E-state index in [2.05, 4.69) is 5.32 Å². The number of carbonyl (C=O) groups is 1. The van der Waals surface area contributed by atoms with Crippen LogP contribution in [0.2, 0.25) is 0 Å². The standard InChI is InChI=1S/C17H14F2N2O4/c18-14-10-16(21(23)24)15(19)9-13(14)7-4-8-20-17(22)25-11-12-5-2-1-3-6-12/h1-7,9-10H,8,11H2,(H,20,22). The highest BCUT2D eigenvalue weighted by atomic mass is 19.1. The molecule has 0 spiro atoms. The van der Waals surface area contributed by atoms with E-state index in [9.17, 15) is 23.7 Å². The Labute approximate surface area is 141 Å². The molecule has 25 heavy (non-hydrogen) atoms. The maximum Gasteiger partial charge on any atom is 0.407 e. The van der Waals surface area contributed by atoms with Crippen LogP contribution in [-0.4, -0.2) is 17.6 Å². The van der Waals surface area contributed by atoms with E-state index < -0.39 is 28.3 Å². The number of alkyl carbamates (subject to hydrolysis) is 1. The average Bonchev–Trinajstić information content (AvgIpc) is 2.60. The lowest BCUT2D eigenvalue weighted by molar-refractivity contribution is -0.387. The van der Waals surface area contributed by atoms with Crippen molar-refractivity contribution in [2.24, 2.45) is 0 Å². The molecule has 0 fully saturated rings. The number of amides is 1. The fourth-order valence-corrected chi connectivity index (χ4v) is 1.92. The van der Waals surface area contributed by atoms with Gasteiger partial charge in [0.15, 0.2) is 0 Å². The number of ether oxygens (including phenoxy) is 1. The average molecular weight is 348 g/mol. The Bertz CT molecular complexity index is 795. The van der Waals surface area contributed by atoms with E-state index in [1.807, 2.05) is 18.2 Å². The minimum absolute atomic E-state index is 0.0195. The van der Waals surface area contributed by atoms with Crippen molar-refractivity contribution in [2.75, 3.05) is 6.54 Å². The van der Waals surface area contributed by atoms with Gasteiger partial charge in [0.2, 0.25) is 5.82 Å². The van der Waals surface area contributed by atoms with Gasteiger partial charge in [-0.25, -0.2) is 9.18 Å². The molecule has 0 unspecified atom stereocenters. The monoisotopic (exact) mass is 348 g/mol. The van der Waals surface area contributed by atoms with Gasteiger partial charge in [0.25, 0.3) is 0 Å². The summed E-state index contributed by atoms with van der Waals surface area (Å²) >= 11 is 0. The maximum atomic E-state index is 13.7. The number of nitrogens with one attached hydrogen (secondary N) is 1. The molecule has 130 valence electrons. The van der Waals surface area contributed by atoms with Gasteiger partial charge in [-0.3, -0.25) is 10.1 Å². The SMILES string of the molecule is O=C(NCC=Cc1cc(F)c([N+](=O)[O-])cc1F)OCc1ccccc1. The molecule has 2 aromatic carbocycles. The number of rotatable bonds is 6. The quantitative estimate of drug-likeness (QED) is 0.636. The second kappa shape index (κ2) is 8.53. The van der Waals surface area contributed by atoms with Crippen LogP contribution in [0.1, 0.15) is 11.1 Å². The van der Waals surface area contributed by atoms with Gasteiger partial charge in [0.05, 0.1) is 11.0 Å². The molecule has 6 nitrogen and oxygen atoms in total. The number of nitro benzene ring substituents is 1. The molecule has 2 aromatic rings. The summed E-state index contributed by atoms with van der Waals surface area (Å²) in [5.74, 6) is -2.07. The molecular formula is C17H14F2N2O4. The van der Waals surface area contributed by atoms with E-state index in [1.54, 1.807) is 12.1 Å². The molecule has 0 heterocycles. The van der Waals surface area contributed by atoms with E-state index in [0.717, 1.165) is 11.6 Å². The van der Waals surface area contributed by atoms with Gasteiger partial charge in [-0.2, -0.15) is 4.39 Å². The van der Waals surface area contributed by atoms with E-state index >= 15 is 0 Å². The van der Waals surface area contributed by atoms with Crippen molar-refractivity contribution in [3.05, 3.63) is 81.4 Å². The zero-order valence-corrected chi connectivity index (χ0v) is 12.9. The number of carbonyl (C=O) groups excluding carboxylic acids is 1. The molecule has 1 N–H and O–H groups in total. The second-order valence-electron chi connectivity index (χ2n) is 4.93. The smallest absolute Gasteiger partial charge is 0.407 e. The number of hydrogen-bond acceptors (Lipinski definition) is 4. The zero-order valence-electron chi connectivity index (χ0n) is 12.9. The van der Waals surface area contributed by atoms with Crippen LogP contribution in [0.4, 0.5) is 19.3 Å². The van der Waals surface area contributed by atoms with Gasteiger partial charge >= 0.3 is 11.8 Å². The normalized spacial score (nSPS) is 10.6. The first-order chi connectivity index (χ1) is 12.0. The van der Waals surface area contributed by atoms with Crippen LogP contribution in [-0.2, 0) is 11.3 Å². The summed E-state index contributed by atoms with van der Waals surface area (Å²) in [5.41, 5.74) is -0.267. The van der Waals surface area contributed by atoms with Crippen molar-refractivity contribution in [2.45, 2.75) is 6.61 Å². The van der Waals surface area contributed by atoms with Gasteiger partial charge in [0.1, 0.15) is 12.4 Å². The first-order valence-corrected chi connectivity index (χ1v) is 7.22. The van der Waals surface area contributed by atoms with Crippen molar-refractivity contribution in [3.8, 4) is 0 Å². The Morgan fingerprint density at radius 3 is 2.60 bits per heavy atom. The van der Waals surface area contributed by atoms with E-state index in [0.29, 0.717) is 6.07 Å². The third kappa shape index (κ3) is 5.38. The fraction of sp³-hybridized carbons (Fsp3) is 0.118. The van der Waals surface area contributed by atoms with E-state index in [-0.39, 0.29) is 18.7 Å². The zero-order chi connectivity index (χ0) is 18.2. The molecular weight excluding hydrogens is 334 g/mol. The minimum Gasteiger partial charge on any atom is -0.445 e. The van der Waals surface area contributed by atoms with Gasteiger partial charge in [-0.1, -0.05) is 42.5 Å². The van der Waals surface area contributed by atoms with Crippen molar-refractivity contribution < 1.29 is 23.2 Å². The van der Waals surface area contributed by atoms with Crippen LogP contribution in [0, 0.1) is 21.7 Å². The predicted octanol–water partition coefficient (Wildman–Crippen LogP) is 3.81. The maximum absolute atomic E-state index is 13.7. The Morgan fingerprint density at radius 2 is 1.92 bits per heavy atom. The van der Waals surface area contributed by atoms with Gasteiger partial charge < -0.3 is 10.1 Å². The van der Waals surface area contributed by atoms with E-state index in [4.69, 9.17) is 4.74 Å². The Morgan fingerprint density at radius 1 is 1.20 bits per heavy atom. The lowest BCUT2D eigenvalue weighted by Gasteiger charge is -2.05.